The average molecular weight is 270 g/mol. The first-order chi connectivity index (χ1) is 9.74. The molecule has 1 N–H and O–H groups in total. The van der Waals surface area contributed by atoms with Crippen molar-refractivity contribution in [2.24, 2.45) is 10.9 Å². The van der Waals surface area contributed by atoms with E-state index in [0.717, 1.165) is 44.5 Å². The van der Waals surface area contributed by atoms with Crippen molar-refractivity contribution in [1.29, 1.82) is 0 Å². The van der Waals surface area contributed by atoms with Gasteiger partial charge in [-0.3, -0.25) is 9.79 Å². The molecule has 0 aromatic heterocycles. The monoisotopic (exact) mass is 270 g/mol. The van der Waals surface area contributed by atoms with Crippen LogP contribution in [0.3, 0.4) is 0 Å². The van der Waals surface area contributed by atoms with E-state index in [-0.39, 0.29) is 17.9 Å². The van der Waals surface area contributed by atoms with Crippen LogP contribution in [0, 0.1) is 5.92 Å². The largest absolute Gasteiger partial charge is 0.508 e. The Morgan fingerprint density at radius 3 is 3.15 bits per heavy atom. The van der Waals surface area contributed by atoms with Crippen LogP contribution in [0.4, 0.5) is 0 Å². The predicted molar refractivity (Wildman–Crippen MR) is 75.9 cm³/mol. The highest BCUT2D eigenvalue weighted by Crippen LogP contribution is 2.40. The fourth-order valence-corrected chi connectivity index (χ4v) is 3.85. The molecule has 3 heterocycles. The van der Waals surface area contributed by atoms with Crippen molar-refractivity contribution in [2.75, 3.05) is 13.1 Å². The fourth-order valence-electron chi connectivity index (χ4n) is 3.85. The van der Waals surface area contributed by atoms with Gasteiger partial charge in [-0.25, -0.2) is 0 Å². The molecule has 0 aliphatic carbocycles. The molecule has 4 nitrogen and oxygen atoms in total. The van der Waals surface area contributed by atoms with Crippen LogP contribution < -0.4 is 0 Å². The minimum Gasteiger partial charge on any atom is -0.508 e. The summed E-state index contributed by atoms with van der Waals surface area (Å²) in [4.78, 5) is 19.3. The number of hydrogen-bond acceptors (Lipinski definition) is 3. The van der Waals surface area contributed by atoms with Crippen LogP contribution in [0.1, 0.15) is 36.4 Å². The van der Waals surface area contributed by atoms with Crippen LogP contribution in [-0.2, 0) is 11.2 Å². The van der Waals surface area contributed by atoms with Gasteiger partial charge in [0.1, 0.15) is 5.75 Å². The Hall–Kier alpha value is -1.84. The number of carbonyl (C=O) groups excluding carboxylic acids is 1. The minimum absolute atomic E-state index is 0.0404. The van der Waals surface area contributed by atoms with Gasteiger partial charge < -0.3 is 10.0 Å². The van der Waals surface area contributed by atoms with Crippen LogP contribution in [-0.4, -0.2) is 34.7 Å². The molecule has 104 valence electrons. The summed E-state index contributed by atoms with van der Waals surface area (Å²) in [6.07, 6.45) is 3.70. The summed E-state index contributed by atoms with van der Waals surface area (Å²) >= 11 is 0. The highest BCUT2D eigenvalue weighted by atomic mass is 16.3. The lowest BCUT2D eigenvalue weighted by atomic mass is 9.79. The number of phenolic OH excluding ortho intramolecular Hbond substituents is 1. The van der Waals surface area contributed by atoms with Gasteiger partial charge in [0.15, 0.2) is 0 Å². The second-order valence-electron chi connectivity index (χ2n) is 5.95. The summed E-state index contributed by atoms with van der Waals surface area (Å²) in [5.41, 5.74) is 3.46. The molecular formula is C16H18N2O2. The Morgan fingerprint density at radius 2 is 2.25 bits per heavy atom. The Bertz CT molecular complexity index is 608. The first-order valence-electron chi connectivity index (χ1n) is 7.39. The summed E-state index contributed by atoms with van der Waals surface area (Å²) in [7, 11) is 0. The van der Waals surface area contributed by atoms with E-state index in [1.54, 1.807) is 6.07 Å². The first-order valence-corrected chi connectivity index (χ1v) is 7.39. The van der Waals surface area contributed by atoms with Crippen LogP contribution >= 0.6 is 0 Å². The number of hydrogen-bond donors (Lipinski definition) is 1. The third kappa shape index (κ3) is 1.67. The molecule has 1 aromatic rings. The molecule has 2 unspecified atom stereocenters. The van der Waals surface area contributed by atoms with Gasteiger partial charge in [-0.2, -0.15) is 0 Å². The topological polar surface area (TPSA) is 52.9 Å². The number of amides is 1. The van der Waals surface area contributed by atoms with Crippen molar-refractivity contribution in [3.63, 3.8) is 0 Å². The molecule has 0 saturated carbocycles. The molecule has 4 heteroatoms. The van der Waals surface area contributed by atoms with Gasteiger partial charge in [-0.15, -0.1) is 0 Å². The van der Waals surface area contributed by atoms with Crippen molar-refractivity contribution in [2.45, 2.75) is 31.7 Å². The highest BCUT2D eigenvalue weighted by Gasteiger charge is 2.42. The summed E-state index contributed by atoms with van der Waals surface area (Å²) in [5, 5.41) is 9.62. The van der Waals surface area contributed by atoms with E-state index in [2.05, 4.69) is 4.99 Å². The van der Waals surface area contributed by atoms with Gasteiger partial charge >= 0.3 is 0 Å². The van der Waals surface area contributed by atoms with E-state index in [1.165, 1.54) is 11.1 Å². The number of aromatic hydroxyl groups is 1. The molecule has 0 radical (unpaired) electrons. The number of carbonyl (C=O) groups is 1. The van der Waals surface area contributed by atoms with E-state index in [9.17, 15) is 9.90 Å². The number of phenols is 1. The standard InChI is InChI=1S/C16H18N2O2/c19-11-3-4-12-10(8-11)5-7-18-15(12)9-14-13(16(18)20)2-1-6-17-14/h3-4,8,13,15,19H,1-2,5-7,9H2. The molecule has 2 atom stereocenters. The molecular weight excluding hydrogens is 252 g/mol. The zero-order valence-corrected chi connectivity index (χ0v) is 11.4. The molecule has 3 aliphatic rings. The average Bonchev–Trinajstić information content (AvgIpc) is 2.47. The normalized spacial score (nSPS) is 28.3. The summed E-state index contributed by atoms with van der Waals surface area (Å²) in [5.74, 6) is 0.615. The van der Waals surface area contributed by atoms with Gasteiger partial charge in [-0.05, 0) is 42.5 Å². The van der Waals surface area contributed by atoms with E-state index < -0.39 is 0 Å². The fraction of sp³-hybridized carbons (Fsp3) is 0.500. The predicted octanol–water partition coefficient (Wildman–Crippen LogP) is 2.07. The summed E-state index contributed by atoms with van der Waals surface area (Å²) in [6, 6.07) is 5.66. The van der Waals surface area contributed by atoms with Crippen molar-refractivity contribution < 1.29 is 9.90 Å². The number of benzene rings is 1. The Kier molecular flexibility index (Phi) is 2.59. The quantitative estimate of drug-likeness (QED) is 0.784. The zero-order chi connectivity index (χ0) is 13.7. The maximum atomic E-state index is 12.7. The number of aliphatic imine (C=N–C) groups is 1. The molecule has 1 aromatic carbocycles. The molecule has 20 heavy (non-hydrogen) atoms. The molecule has 1 amide bonds. The van der Waals surface area contributed by atoms with Crippen molar-refractivity contribution in [3.05, 3.63) is 29.3 Å². The van der Waals surface area contributed by atoms with Gasteiger partial charge in [0.05, 0.1) is 12.0 Å². The number of piperidine rings is 1. The van der Waals surface area contributed by atoms with Crippen molar-refractivity contribution >= 4 is 11.6 Å². The minimum atomic E-state index is 0.0404. The van der Waals surface area contributed by atoms with Gasteiger partial charge in [0.25, 0.3) is 0 Å². The summed E-state index contributed by atoms with van der Waals surface area (Å²) < 4.78 is 0. The van der Waals surface area contributed by atoms with Gasteiger partial charge in [0, 0.05) is 25.2 Å². The maximum Gasteiger partial charge on any atom is 0.231 e. The van der Waals surface area contributed by atoms with Crippen molar-refractivity contribution in [3.8, 4) is 5.75 Å². The lowest BCUT2D eigenvalue weighted by Gasteiger charge is -2.44. The van der Waals surface area contributed by atoms with Crippen LogP contribution in [0.2, 0.25) is 0 Å². The highest BCUT2D eigenvalue weighted by molar-refractivity contribution is 6.07. The van der Waals surface area contributed by atoms with Crippen LogP contribution in [0.15, 0.2) is 23.2 Å². The Labute approximate surface area is 118 Å². The number of fused-ring (bicyclic) bond motifs is 4. The first kappa shape index (κ1) is 11.9. The lowest BCUT2D eigenvalue weighted by molar-refractivity contribution is -0.138. The molecule has 3 aliphatic heterocycles. The van der Waals surface area contributed by atoms with Crippen LogP contribution in [0.5, 0.6) is 5.75 Å². The SMILES string of the molecule is O=C1C2CCCN=C2CC2c3ccc(O)cc3CCN12. The zero-order valence-electron chi connectivity index (χ0n) is 11.4. The van der Waals surface area contributed by atoms with E-state index in [1.807, 2.05) is 17.0 Å². The smallest absolute Gasteiger partial charge is 0.231 e. The third-order valence-corrected chi connectivity index (χ3v) is 4.84. The number of rotatable bonds is 0. The second-order valence-corrected chi connectivity index (χ2v) is 5.95. The maximum absolute atomic E-state index is 12.7. The van der Waals surface area contributed by atoms with Crippen LogP contribution in [0.25, 0.3) is 0 Å². The number of nitrogens with zero attached hydrogens (tertiary/aromatic N) is 2. The Morgan fingerprint density at radius 1 is 1.35 bits per heavy atom. The molecule has 4 rings (SSSR count). The van der Waals surface area contributed by atoms with Gasteiger partial charge in [0.2, 0.25) is 5.91 Å². The Balaban J connectivity index is 1.76. The molecule has 1 saturated heterocycles. The van der Waals surface area contributed by atoms with Crippen molar-refractivity contribution in [1.82, 2.24) is 4.90 Å². The molecule has 0 spiro atoms. The summed E-state index contributed by atoms with van der Waals surface area (Å²) in [6.45, 7) is 1.64. The lowest BCUT2D eigenvalue weighted by Crippen LogP contribution is -2.51. The van der Waals surface area contributed by atoms with E-state index in [0.29, 0.717) is 5.75 Å². The van der Waals surface area contributed by atoms with E-state index in [4.69, 9.17) is 0 Å². The van der Waals surface area contributed by atoms with E-state index >= 15 is 0 Å². The molecule has 0 bridgehead atoms. The third-order valence-electron chi connectivity index (χ3n) is 4.84. The molecule has 1 fully saturated rings. The van der Waals surface area contributed by atoms with Gasteiger partial charge in [-0.1, -0.05) is 6.07 Å². The second kappa shape index (κ2) is 4.33.